The first-order chi connectivity index (χ1) is 13.6. The van der Waals surface area contributed by atoms with E-state index >= 15 is 0 Å². The molecule has 2 saturated heterocycles. The summed E-state index contributed by atoms with van der Waals surface area (Å²) in [5, 5.41) is 15.0. The molecule has 1 amide bonds. The van der Waals surface area contributed by atoms with Crippen molar-refractivity contribution in [2.75, 3.05) is 38.2 Å². The number of carbonyl (C=O) groups excluding carboxylic acids is 1. The van der Waals surface area contributed by atoms with Crippen molar-refractivity contribution in [3.05, 3.63) is 33.9 Å². The summed E-state index contributed by atoms with van der Waals surface area (Å²) in [6.45, 7) is 2.70. The predicted molar refractivity (Wildman–Crippen MR) is 104 cm³/mol. The lowest BCUT2D eigenvalue weighted by Crippen LogP contribution is -2.42. The van der Waals surface area contributed by atoms with Gasteiger partial charge < -0.3 is 19.7 Å². The van der Waals surface area contributed by atoms with Crippen molar-refractivity contribution in [1.82, 2.24) is 4.90 Å². The Hall–Kier alpha value is -2.19. The zero-order chi connectivity index (χ0) is 19.6. The standard InChI is InChI=1S/C20H27N3O5/c24-19(22-8-11-27-12-9-22)15-3-4-17(18(13-15)23(25)26)21-16-5-10-28-20(14-16)6-1-2-7-20/h3-4,13,16,21H,1-2,5-12,14H2. The van der Waals surface area contributed by atoms with Gasteiger partial charge in [-0.3, -0.25) is 14.9 Å². The summed E-state index contributed by atoms with van der Waals surface area (Å²) in [6, 6.07) is 4.89. The molecular formula is C20H27N3O5. The highest BCUT2D eigenvalue weighted by atomic mass is 16.6. The third-order valence-electron chi connectivity index (χ3n) is 6.11. The minimum Gasteiger partial charge on any atom is -0.378 e. The number of nitrogens with zero attached hydrogens (tertiary/aromatic N) is 2. The van der Waals surface area contributed by atoms with E-state index < -0.39 is 4.92 Å². The van der Waals surface area contributed by atoms with Crippen LogP contribution in [0.1, 0.15) is 48.9 Å². The normalized spacial score (nSPS) is 24.3. The molecule has 0 bridgehead atoms. The maximum absolute atomic E-state index is 12.7. The monoisotopic (exact) mass is 389 g/mol. The summed E-state index contributed by atoms with van der Waals surface area (Å²) in [5.41, 5.74) is 0.713. The molecule has 1 aliphatic carbocycles. The zero-order valence-electron chi connectivity index (χ0n) is 16.0. The highest BCUT2D eigenvalue weighted by Crippen LogP contribution is 2.41. The number of rotatable bonds is 4. The van der Waals surface area contributed by atoms with Gasteiger partial charge >= 0.3 is 0 Å². The number of ether oxygens (including phenoxy) is 2. The molecule has 4 rings (SSSR count). The van der Waals surface area contributed by atoms with Gasteiger partial charge in [0.15, 0.2) is 0 Å². The van der Waals surface area contributed by atoms with Crippen molar-refractivity contribution < 1.29 is 19.2 Å². The minimum absolute atomic E-state index is 0.0499. The molecule has 8 heteroatoms. The van der Waals surface area contributed by atoms with Gasteiger partial charge in [-0.25, -0.2) is 0 Å². The molecule has 3 fully saturated rings. The van der Waals surface area contributed by atoms with Crippen molar-refractivity contribution in [3.63, 3.8) is 0 Å². The summed E-state index contributed by atoms with van der Waals surface area (Å²) in [4.78, 5) is 25.6. The molecule has 2 heterocycles. The van der Waals surface area contributed by atoms with Crippen LogP contribution in [0.25, 0.3) is 0 Å². The van der Waals surface area contributed by atoms with E-state index in [0.29, 0.717) is 44.2 Å². The van der Waals surface area contributed by atoms with Gasteiger partial charge in [0.1, 0.15) is 5.69 Å². The maximum atomic E-state index is 12.7. The van der Waals surface area contributed by atoms with Crippen LogP contribution < -0.4 is 5.32 Å². The highest BCUT2D eigenvalue weighted by molar-refractivity contribution is 5.95. The average Bonchev–Trinajstić information content (AvgIpc) is 3.15. The van der Waals surface area contributed by atoms with Crippen LogP contribution in [0.2, 0.25) is 0 Å². The topological polar surface area (TPSA) is 93.9 Å². The number of morpholine rings is 1. The van der Waals surface area contributed by atoms with Crippen molar-refractivity contribution in [3.8, 4) is 0 Å². The molecular weight excluding hydrogens is 362 g/mol. The molecule has 152 valence electrons. The Labute approximate surface area is 164 Å². The summed E-state index contributed by atoms with van der Waals surface area (Å²) in [7, 11) is 0. The lowest BCUT2D eigenvalue weighted by Gasteiger charge is -2.38. The smallest absolute Gasteiger partial charge is 0.293 e. The van der Waals surface area contributed by atoms with Gasteiger partial charge in [0.05, 0.1) is 23.7 Å². The van der Waals surface area contributed by atoms with Crippen LogP contribution in [-0.4, -0.2) is 60.3 Å². The molecule has 1 saturated carbocycles. The van der Waals surface area contributed by atoms with Crippen molar-refractivity contribution in [2.45, 2.75) is 50.2 Å². The van der Waals surface area contributed by atoms with Crippen LogP contribution in [0, 0.1) is 10.1 Å². The largest absolute Gasteiger partial charge is 0.378 e. The molecule has 0 radical (unpaired) electrons. The van der Waals surface area contributed by atoms with Crippen LogP contribution >= 0.6 is 0 Å². The number of benzene rings is 1. The Morgan fingerprint density at radius 3 is 2.68 bits per heavy atom. The number of hydrogen-bond donors (Lipinski definition) is 1. The number of nitro benzene ring substituents is 1. The number of nitro groups is 1. The quantitative estimate of drug-likeness (QED) is 0.628. The number of hydrogen-bond acceptors (Lipinski definition) is 6. The first kappa shape index (κ1) is 19.1. The molecule has 1 spiro atoms. The third-order valence-corrected chi connectivity index (χ3v) is 6.11. The van der Waals surface area contributed by atoms with Crippen molar-refractivity contribution in [1.29, 1.82) is 0 Å². The van der Waals surface area contributed by atoms with E-state index in [2.05, 4.69) is 5.32 Å². The molecule has 3 aliphatic rings. The molecule has 1 atom stereocenters. The molecule has 1 unspecified atom stereocenters. The fourth-order valence-electron chi connectivity index (χ4n) is 4.63. The zero-order valence-corrected chi connectivity index (χ0v) is 16.0. The van der Waals surface area contributed by atoms with E-state index in [1.54, 1.807) is 17.0 Å². The van der Waals surface area contributed by atoms with Gasteiger partial charge in [-0.05, 0) is 37.8 Å². The molecule has 2 aliphatic heterocycles. The van der Waals surface area contributed by atoms with Gasteiger partial charge in [0.2, 0.25) is 0 Å². The second kappa shape index (κ2) is 8.05. The summed E-state index contributed by atoms with van der Waals surface area (Å²) < 4.78 is 11.3. The van der Waals surface area contributed by atoms with E-state index in [4.69, 9.17) is 9.47 Å². The van der Waals surface area contributed by atoms with Gasteiger partial charge in [0.25, 0.3) is 11.6 Å². The van der Waals surface area contributed by atoms with Crippen molar-refractivity contribution in [2.24, 2.45) is 0 Å². The average molecular weight is 389 g/mol. The first-order valence-electron chi connectivity index (χ1n) is 10.1. The van der Waals surface area contributed by atoms with Gasteiger partial charge in [-0.15, -0.1) is 0 Å². The Bertz CT molecular complexity index is 741. The van der Waals surface area contributed by atoms with Gasteiger partial charge in [-0.1, -0.05) is 12.8 Å². The first-order valence-corrected chi connectivity index (χ1v) is 10.1. The molecule has 1 N–H and O–H groups in total. The number of carbonyl (C=O) groups is 1. The maximum Gasteiger partial charge on any atom is 0.293 e. The Balaban J connectivity index is 1.50. The summed E-state index contributed by atoms with van der Waals surface area (Å²) >= 11 is 0. The second-order valence-corrected chi connectivity index (χ2v) is 7.97. The summed E-state index contributed by atoms with van der Waals surface area (Å²) in [5.74, 6) is -0.186. The van der Waals surface area contributed by atoms with E-state index in [-0.39, 0.29) is 23.2 Å². The SMILES string of the molecule is O=C(c1ccc(NC2CCOC3(CCCC3)C2)c([N+](=O)[O-])c1)N1CCOCC1. The molecule has 8 nitrogen and oxygen atoms in total. The van der Waals surface area contributed by atoms with Crippen LogP contribution in [0.3, 0.4) is 0 Å². The fraction of sp³-hybridized carbons (Fsp3) is 0.650. The number of nitrogens with one attached hydrogen (secondary N) is 1. The molecule has 0 aromatic heterocycles. The van der Waals surface area contributed by atoms with Crippen LogP contribution in [0.5, 0.6) is 0 Å². The Morgan fingerprint density at radius 1 is 1.21 bits per heavy atom. The Kier molecular flexibility index (Phi) is 5.50. The predicted octanol–water partition coefficient (Wildman–Crippen LogP) is 2.97. The molecule has 1 aromatic carbocycles. The van der Waals surface area contributed by atoms with Crippen LogP contribution in [-0.2, 0) is 9.47 Å². The fourth-order valence-corrected chi connectivity index (χ4v) is 4.63. The molecule has 28 heavy (non-hydrogen) atoms. The Morgan fingerprint density at radius 2 is 1.96 bits per heavy atom. The van der Waals surface area contributed by atoms with Crippen molar-refractivity contribution >= 4 is 17.3 Å². The highest BCUT2D eigenvalue weighted by Gasteiger charge is 2.40. The lowest BCUT2D eigenvalue weighted by molar-refractivity contribution is -0.384. The van der Waals surface area contributed by atoms with E-state index in [1.165, 1.54) is 18.9 Å². The second-order valence-electron chi connectivity index (χ2n) is 7.97. The van der Waals surface area contributed by atoms with Gasteiger partial charge in [-0.2, -0.15) is 0 Å². The van der Waals surface area contributed by atoms with Gasteiger partial charge in [0, 0.05) is 37.4 Å². The van der Waals surface area contributed by atoms with E-state index in [1.807, 2.05) is 0 Å². The van der Waals surface area contributed by atoms with Crippen LogP contribution in [0.4, 0.5) is 11.4 Å². The number of anilines is 1. The summed E-state index contributed by atoms with van der Waals surface area (Å²) in [6.07, 6.45) is 6.21. The van der Waals surface area contributed by atoms with E-state index in [0.717, 1.165) is 25.7 Å². The third kappa shape index (κ3) is 3.98. The minimum atomic E-state index is -0.414. The lowest BCUT2D eigenvalue weighted by atomic mass is 9.88. The molecule has 1 aromatic rings. The van der Waals surface area contributed by atoms with E-state index in [9.17, 15) is 14.9 Å². The van der Waals surface area contributed by atoms with Crippen LogP contribution in [0.15, 0.2) is 18.2 Å². The number of amides is 1.